The molecule has 1 amide bonds. The lowest BCUT2D eigenvalue weighted by atomic mass is 10.1. The van der Waals surface area contributed by atoms with E-state index >= 15 is 0 Å². The summed E-state index contributed by atoms with van der Waals surface area (Å²) in [7, 11) is 0. The van der Waals surface area contributed by atoms with Crippen LogP contribution in [0.4, 0.5) is 13.2 Å². The first kappa shape index (κ1) is 17.0. The second kappa shape index (κ2) is 6.79. The third kappa shape index (κ3) is 4.30. The molecule has 12 heteroatoms. The van der Waals surface area contributed by atoms with Gasteiger partial charge in [-0.3, -0.25) is 4.79 Å². The average molecular weight is 343 g/mol. The molecule has 0 unspecified atom stereocenters. The van der Waals surface area contributed by atoms with E-state index in [1.165, 1.54) is 6.07 Å². The maximum absolute atomic E-state index is 12.5. The molecule has 1 heterocycles. The smallest absolute Gasteiger partial charge is 0.471 e. The monoisotopic (exact) mass is 343 g/mol. The van der Waals surface area contributed by atoms with Gasteiger partial charge in [0.2, 0.25) is 11.8 Å². The Labute approximate surface area is 131 Å². The highest BCUT2D eigenvalue weighted by atomic mass is 19.4. The fourth-order valence-corrected chi connectivity index (χ4v) is 1.75. The first-order valence-corrected chi connectivity index (χ1v) is 6.15. The van der Waals surface area contributed by atoms with Crippen molar-refractivity contribution in [2.45, 2.75) is 13.0 Å². The molecule has 0 fully saturated rings. The van der Waals surface area contributed by atoms with Crippen LogP contribution in [-0.2, 0) is 6.61 Å². The fraction of sp³-hybridized carbons (Fsp3) is 0.167. The maximum atomic E-state index is 12.5. The molecule has 1 aromatic heterocycles. The topological polar surface area (TPSA) is 122 Å². The molecule has 1 aromatic carbocycles. The van der Waals surface area contributed by atoms with Crippen LogP contribution in [0.5, 0.6) is 11.6 Å². The van der Waals surface area contributed by atoms with Gasteiger partial charge in [0.15, 0.2) is 0 Å². The number of halogens is 3. The Morgan fingerprint density at radius 3 is 2.75 bits per heavy atom. The zero-order valence-electron chi connectivity index (χ0n) is 11.6. The summed E-state index contributed by atoms with van der Waals surface area (Å²) < 4.78 is 46.4. The predicted octanol–water partition coefficient (Wildman–Crippen LogP) is 3.05. The van der Waals surface area contributed by atoms with Gasteiger partial charge < -0.3 is 14.7 Å². The Morgan fingerprint density at radius 2 is 2.17 bits per heavy atom. The van der Waals surface area contributed by atoms with E-state index < -0.39 is 24.6 Å². The van der Waals surface area contributed by atoms with Crippen molar-refractivity contribution in [1.29, 1.82) is 0 Å². The molecule has 0 aliphatic heterocycles. The third-order valence-electron chi connectivity index (χ3n) is 2.64. The largest absolute Gasteiger partial charge is 0.573 e. The summed E-state index contributed by atoms with van der Waals surface area (Å²) in [5.41, 5.74) is 7.70. The fourth-order valence-electron chi connectivity index (χ4n) is 1.75. The van der Waals surface area contributed by atoms with Crippen molar-refractivity contribution < 1.29 is 32.6 Å². The Bertz CT molecular complexity index is 798. The Hall–Kier alpha value is -3.40. The van der Waals surface area contributed by atoms with Gasteiger partial charge in [-0.1, -0.05) is 17.2 Å². The van der Waals surface area contributed by atoms with Gasteiger partial charge in [-0.25, -0.2) is 0 Å². The number of carbonyl (C=O) groups excluding carboxylic acids is 1. The zero-order chi connectivity index (χ0) is 17.7. The van der Waals surface area contributed by atoms with Gasteiger partial charge in [0.05, 0.1) is 6.20 Å². The van der Waals surface area contributed by atoms with Gasteiger partial charge in [-0.05, 0) is 16.7 Å². The standard InChI is InChI=1S/C12H8F3N5O4/c13-12(14,15)24-9-3-1-2-7(11(21)17-19-16)8(9)6-23-10-4-5-20(22)18-10/h1-5,22H,6H2. The van der Waals surface area contributed by atoms with Crippen molar-refractivity contribution >= 4 is 5.91 Å². The molecule has 0 bridgehead atoms. The van der Waals surface area contributed by atoms with Gasteiger partial charge in [0, 0.05) is 22.1 Å². The van der Waals surface area contributed by atoms with E-state index in [-0.39, 0.29) is 17.0 Å². The van der Waals surface area contributed by atoms with Crippen LogP contribution in [0.25, 0.3) is 10.4 Å². The van der Waals surface area contributed by atoms with Crippen molar-refractivity contribution in [2.24, 2.45) is 5.11 Å². The predicted molar refractivity (Wildman–Crippen MR) is 70.3 cm³/mol. The minimum absolute atomic E-state index is 0.110. The first-order chi connectivity index (χ1) is 11.3. The number of aromatic nitrogens is 2. The summed E-state index contributed by atoms with van der Waals surface area (Å²) in [6.45, 7) is -0.550. The van der Waals surface area contributed by atoms with E-state index in [1.54, 1.807) is 0 Å². The number of alkyl halides is 3. The minimum atomic E-state index is -5.00. The minimum Gasteiger partial charge on any atom is -0.471 e. The van der Waals surface area contributed by atoms with Crippen LogP contribution in [0.3, 0.4) is 0 Å². The van der Waals surface area contributed by atoms with Crippen molar-refractivity contribution in [3.05, 3.63) is 52.0 Å². The van der Waals surface area contributed by atoms with Crippen LogP contribution in [0, 0.1) is 0 Å². The van der Waals surface area contributed by atoms with Crippen LogP contribution >= 0.6 is 0 Å². The molecule has 2 rings (SSSR count). The number of carbonyl (C=O) groups is 1. The molecule has 126 valence electrons. The van der Waals surface area contributed by atoms with Gasteiger partial charge in [-0.2, -0.15) is 0 Å². The molecule has 0 aliphatic rings. The second-order valence-corrected chi connectivity index (χ2v) is 4.19. The van der Waals surface area contributed by atoms with Crippen LogP contribution in [0.2, 0.25) is 0 Å². The number of amides is 1. The number of ether oxygens (including phenoxy) is 2. The molecule has 0 spiro atoms. The van der Waals surface area contributed by atoms with Gasteiger partial charge in [0.1, 0.15) is 12.4 Å². The highest BCUT2D eigenvalue weighted by molar-refractivity contribution is 5.96. The lowest BCUT2D eigenvalue weighted by Crippen LogP contribution is -2.19. The van der Waals surface area contributed by atoms with Crippen LogP contribution in [0.1, 0.15) is 15.9 Å². The quantitative estimate of drug-likeness (QED) is 0.387. The Morgan fingerprint density at radius 1 is 1.42 bits per heavy atom. The van der Waals surface area contributed by atoms with E-state index in [4.69, 9.17) is 15.5 Å². The van der Waals surface area contributed by atoms with Crippen molar-refractivity contribution in [3.63, 3.8) is 0 Å². The SMILES string of the molecule is [N-]=[N+]=NC(=O)c1cccc(OC(F)(F)F)c1COc1ccn(O)n1. The average Bonchev–Trinajstić information content (AvgIpc) is 2.90. The van der Waals surface area contributed by atoms with Crippen molar-refractivity contribution in [1.82, 2.24) is 9.94 Å². The lowest BCUT2D eigenvalue weighted by Gasteiger charge is -2.15. The summed E-state index contributed by atoms with van der Waals surface area (Å²) in [5, 5.41) is 15.3. The zero-order valence-corrected chi connectivity index (χ0v) is 11.6. The molecule has 0 saturated carbocycles. The molecule has 0 saturated heterocycles. The Kier molecular flexibility index (Phi) is 4.80. The van der Waals surface area contributed by atoms with E-state index in [0.29, 0.717) is 4.85 Å². The van der Waals surface area contributed by atoms with Crippen LogP contribution in [-0.4, -0.2) is 27.4 Å². The Balaban J connectivity index is 2.38. The molecule has 2 aromatic rings. The van der Waals surface area contributed by atoms with E-state index in [2.05, 4.69) is 19.9 Å². The number of rotatable bonds is 5. The van der Waals surface area contributed by atoms with Crippen LogP contribution < -0.4 is 9.47 Å². The van der Waals surface area contributed by atoms with E-state index in [9.17, 15) is 18.0 Å². The molecule has 0 radical (unpaired) electrons. The van der Waals surface area contributed by atoms with Crippen molar-refractivity contribution in [3.8, 4) is 11.6 Å². The van der Waals surface area contributed by atoms with Gasteiger partial charge in [-0.15, -0.1) is 18.0 Å². The highest BCUT2D eigenvalue weighted by Gasteiger charge is 2.33. The van der Waals surface area contributed by atoms with E-state index in [0.717, 1.165) is 24.4 Å². The maximum Gasteiger partial charge on any atom is 0.573 e. The van der Waals surface area contributed by atoms with Gasteiger partial charge in [0.25, 0.3) is 0 Å². The highest BCUT2D eigenvalue weighted by Crippen LogP contribution is 2.30. The molecule has 24 heavy (non-hydrogen) atoms. The van der Waals surface area contributed by atoms with E-state index in [1.807, 2.05) is 0 Å². The van der Waals surface area contributed by atoms with Crippen molar-refractivity contribution in [2.75, 3.05) is 0 Å². The number of benzene rings is 1. The molecule has 1 N–H and O–H groups in total. The summed E-state index contributed by atoms with van der Waals surface area (Å²) >= 11 is 0. The third-order valence-corrected chi connectivity index (χ3v) is 2.64. The molecule has 0 aliphatic carbocycles. The number of hydrogen-bond acceptors (Lipinski definition) is 5. The summed E-state index contributed by atoms with van der Waals surface area (Å²) in [5.74, 6) is -1.90. The number of azide groups is 1. The summed E-state index contributed by atoms with van der Waals surface area (Å²) in [4.78, 5) is 14.5. The number of nitrogens with zero attached hydrogens (tertiary/aromatic N) is 5. The molecular formula is C12H8F3N5O4. The lowest BCUT2D eigenvalue weighted by molar-refractivity contribution is -0.275. The van der Waals surface area contributed by atoms with Gasteiger partial charge >= 0.3 is 6.36 Å². The summed E-state index contributed by atoms with van der Waals surface area (Å²) in [6, 6.07) is 4.50. The molecule has 9 nitrogen and oxygen atoms in total. The van der Waals surface area contributed by atoms with Crippen LogP contribution in [0.15, 0.2) is 35.6 Å². The molecule has 0 atom stereocenters. The second-order valence-electron chi connectivity index (χ2n) is 4.19. The summed E-state index contributed by atoms with van der Waals surface area (Å²) in [6.07, 6.45) is -3.87. The molecular weight excluding hydrogens is 335 g/mol. The number of hydrogen-bond donors (Lipinski definition) is 1. The normalized spacial score (nSPS) is 10.8. The first-order valence-electron chi connectivity index (χ1n) is 6.15.